The van der Waals surface area contributed by atoms with Gasteiger partial charge in [-0.15, -0.1) is 0 Å². The number of nitrogens with zero attached hydrogens (tertiary/aromatic N) is 2. The molecule has 0 N–H and O–H groups in total. The Balaban J connectivity index is 1.09. The molecule has 5 rings (SSSR count). The highest BCUT2D eigenvalue weighted by molar-refractivity contribution is 5.91. The number of amides is 1. The van der Waals surface area contributed by atoms with Crippen molar-refractivity contribution >= 4 is 16.7 Å². The predicted octanol–water partition coefficient (Wildman–Crippen LogP) is 4.59. The van der Waals surface area contributed by atoms with Crippen LogP contribution in [0.3, 0.4) is 0 Å². The van der Waals surface area contributed by atoms with Gasteiger partial charge in [0.25, 0.3) is 5.91 Å². The van der Waals surface area contributed by atoms with Gasteiger partial charge in [-0.2, -0.15) is 0 Å². The molecular weight excluding hydrogens is 416 g/mol. The Hall–Kier alpha value is -2.83. The van der Waals surface area contributed by atoms with Crippen molar-refractivity contribution in [3.8, 4) is 5.75 Å². The molecule has 6 nitrogen and oxygen atoms in total. The molecule has 3 heterocycles. The Morgan fingerprint density at radius 2 is 1.73 bits per heavy atom. The van der Waals surface area contributed by atoms with Crippen LogP contribution in [0.2, 0.25) is 0 Å². The SMILES string of the molecule is O=C(c1ccc(COc2ccc3ccccc3c2)o1)N1CCC(CCN2CCOCC2)CC1. The van der Waals surface area contributed by atoms with E-state index in [2.05, 4.69) is 17.0 Å². The minimum absolute atomic E-state index is 0.0152. The lowest BCUT2D eigenvalue weighted by Gasteiger charge is -2.33. The highest BCUT2D eigenvalue weighted by atomic mass is 16.5. The van der Waals surface area contributed by atoms with E-state index in [0.717, 1.165) is 69.9 Å². The van der Waals surface area contributed by atoms with Crippen molar-refractivity contribution in [2.24, 2.45) is 5.92 Å². The number of hydrogen-bond acceptors (Lipinski definition) is 5. The third-order valence-electron chi connectivity index (χ3n) is 6.83. The molecule has 33 heavy (non-hydrogen) atoms. The van der Waals surface area contributed by atoms with E-state index in [1.165, 1.54) is 11.8 Å². The molecule has 2 aliphatic heterocycles. The second kappa shape index (κ2) is 10.4. The number of fused-ring (bicyclic) bond motifs is 1. The second-order valence-electron chi connectivity index (χ2n) is 9.04. The summed E-state index contributed by atoms with van der Waals surface area (Å²) in [7, 11) is 0. The van der Waals surface area contributed by atoms with Gasteiger partial charge in [0.15, 0.2) is 5.76 Å². The molecule has 0 aliphatic carbocycles. The second-order valence-corrected chi connectivity index (χ2v) is 9.04. The van der Waals surface area contributed by atoms with Crippen molar-refractivity contribution in [3.63, 3.8) is 0 Å². The number of benzene rings is 2. The average Bonchev–Trinajstić information content (AvgIpc) is 3.36. The highest BCUT2D eigenvalue weighted by Gasteiger charge is 2.26. The molecule has 2 aromatic carbocycles. The van der Waals surface area contributed by atoms with Crippen LogP contribution in [0.5, 0.6) is 5.75 Å². The van der Waals surface area contributed by atoms with Crippen molar-refractivity contribution in [1.82, 2.24) is 9.80 Å². The first-order valence-electron chi connectivity index (χ1n) is 12.0. The predicted molar refractivity (Wildman–Crippen MR) is 127 cm³/mol. The lowest BCUT2D eigenvalue weighted by atomic mass is 9.93. The van der Waals surface area contributed by atoms with E-state index in [1.54, 1.807) is 6.07 Å². The summed E-state index contributed by atoms with van der Waals surface area (Å²) in [6.07, 6.45) is 3.34. The number of carbonyl (C=O) groups excluding carboxylic acids is 1. The first kappa shape index (κ1) is 22.0. The van der Waals surface area contributed by atoms with Crippen molar-refractivity contribution in [2.45, 2.75) is 25.9 Å². The third-order valence-corrected chi connectivity index (χ3v) is 6.83. The molecule has 174 valence electrons. The highest BCUT2D eigenvalue weighted by Crippen LogP contribution is 2.24. The number of carbonyl (C=O) groups is 1. The van der Waals surface area contributed by atoms with Crippen LogP contribution in [0, 0.1) is 5.92 Å². The Kier molecular flexibility index (Phi) is 6.93. The molecule has 1 aromatic heterocycles. The van der Waals surface area contributed by atoms with Crippen LogP contribution in [0.25, 0.3) is 10.8 Å². The van der Waals surface area contributed by atoms with Crippen LogP contribution in [0.4, 0.5) is 0 Å². The zero-order valence-electron chi connectivity index (χ0n) is 19.1. The molecule has 0 unspecified atom stereocenters. The van der Waals surface area contributed by atoms with Gasteiger partial charge in [0.1, 0.15) is 18.1 Å². The summed E-state index contributed by atoms with van der Waals surface area (Å²) >= 11 is 0. The van der Waals surface area contributed by atoms with Crippen molar-refractivity contribution in [3.05, 3.63) is 66.1 Å². The number of rotatable bonds is 7. The number of furan rings is 1. The van der Waals surface area contributed by atoms with Gasteiger partial charge in [-0.05, 0) is 66.8 Å². The molecule has 2 fully saturated rings. The van der Waals surface area contributed by atoms with Gasteiger partial charge in [0.2, 0.25) is 0 Å². The first-order valence-corrected chi connectivity index (χ1v) is 12.0. The summed E-state index contributed by atoms with van der Waals surface area (Å²) in [6, 6.07) is 17.8. The topological polar surface area (TPSA) is 55.2 Å². The normalized spacial score (nSPS) is 18.0. The van der Waals surface area contributed by atoms with E-state index in [-0.39, 0.29) is 5.91 Å². The maximum absolute atomic E-state index is 12.9. The average molecular weight is 449 g/mol. The van der Waals surface area contributed by atoms with Crippen molar-refractivity contribution < 1.29 is 18.7 Å². The smallest absolute Gasteiger partial charge is 0.289 e. The monoisotopic (exact) mass is 448 g/mol. The minimum atomic E-state index is -0.0152. The quantitative estimate of drug-likeness (QED) is 0.529. The number of ether oxygens (including phenoxy) is 2. The standard InChI is InChI=1S/C27H32N2O4/c30-27(29-13-10-21(11-14-29)9-12-28-15-17-31-18-16-28)26-8-7-25(33-26)20-32-24-6-5-22-3-1-2-4-23(22)19-24/h1-8,19,21H,9-18,20H2. The Morgan fingerprint density at radius 3 is 2.55 bits per heavy atom. The Bertz CT molecular complexity index is 1060. The fraction of sp³-hybridized carbons (Fsp3) is 0.444. The Labute approximate surface area is 195 Å². The third kappa shape index (κ3) is 5.57. The minimum Gasteiger partial charge on any atom is -0.486 e. The molecular formula is C27H32N2O4. The van der Waals surface area contributed by atoms with E-state index in [4.69, 9.17) is 13.9 Å². The van der Waals surface area contributed by atoms with E-state index in [9.17, 15) is 4.79 Å². The molecule has 2 saturated heterocycles. The number of hydrogen-bond donors (Lipinski definition) is 0. The number of morpholine rings is 1. The number of piperidine rings is 1. The molecule has 0 saturated carbocycles. The Morgan fingerprint density at radius 1 is 0.939 bits per heavy atom. The summed E-state index contributed by atoms with van der Waals surface area (Å²) in [6.45, 7) is 6.84. The van der Waals surface area contributed by atoms with Crippen LogP contribution in [-0.4, -0.2) is 61.6 Å². The maximum Gasteiger partial charge on any atom is 0.289 e. The van der Waals surface area contributed by atoms with Gasteiger partial charge in [-0.1, -0.05) is 30.3 Å². The van der Waals surface area contributed by atoms with E-state index < -0.39 is 0 Å². The molecule has 0 bridgehead atoms. The molecule has 6 heteroatoms. The van der Waals surface area contributed by atoms with Gasteiger partial charge in [0.05, 0.1) is 13.2 Å². The zero-order valence-corrected chi connectivity index (χ0v) is 19.1. The molecule has 0 radical (unpaired) electrons. The van der Waals surface area contributed by atoms with Gasteiger partial charge in [0, 0.05) is 26.2 Å². The summed E-state index contributed by atoms with van der Waals surface area (Å²) in [5.74, 6) is 2.53. The molecule has 3 aromatic rings. The molecule has 2 aliphatic rings. The van der Waals surface area contributed by atoms with Crippen molar-refractivity contribution in [2.75, 3.05) is 45.9 Å². The van der Waals surface area contributed by atoms with E-state index in [0.29, 0.717) is 24.0 Å². The van der Waals surface area contributed by atoms with Crippen LogP contribution >= 0.6 is 0 Å². The van der Waals surface area contributed by atoms with Crippen LogP contribution in [0.15, 0.2) is 59.0 Å². The maximum atomic E-state index is 12.9. The van der Waals surface area contributed by atoms with Crippen LogP contribution < -0.4 is 4.74 Å². The zero-order chi connectivity index (χ0) is 22.5. The van der Waals surface area contributed by atoms with Gasteiger partial charge in [-0.3, -0.25) is 9.69 Å². The summed E-state index contributed by atoms with van der Waals surface area (Å²) in [5.41, 5.74) is 0. The lowest BCUT2D eigenvalue weighted by molar-refractivity contribution is 0.0330. The molecule has 0 atom stereocenters. The van der Waals surface area contributed by atoms with Crippen LogP contribution in [-0.2, 0) is 11.3 Å². The van der Waals surface area contributed by atoms with E-state index >= 15 is 0 Å². The summed E-state index contributed by atoms with van der Waals surface area (Å²) < 4.78 is 17.2. The van der Waals surface area contributed by atoms with Crippen LogP contribution in [0.1, 0.15) is 35.6 Å². The van der Waals surface area contributed by atoms with Gasteiger partial charge in [-0.25, -0.2) is 0 Å². The molecule has 0 spiro atoms. The summed E-state index contributed by atoms with van der Waals surface area (Å²) in [5, 5.41) is 2.32. The van der Waals surface area contributed by atoms with Crippen molar-refractivity contribution in [1.29, 1.82) is 0 Å². The molecule has 1 amide bonds. The van der Waals surface area contributed by atoms with E-state index in [1.807, 2.05) is 41.3 Å². The van der Waals surface area contributed by atoms with Gasteiger partial charge >= 0.3 is 0 Å². The fourth-order valence-electron chi connectivity index (χ4n) is 4.75. The largest absolute Gasteiger partial charge is 0.486 e. The number of likely N-dealkylation sites (tertiary alicyclic amines) is 1. The lowest BCUT2D eigenvalue weighted by Crippen LogP contribution is -2.40. The summed E-state index contributed by atoms with van der Waals surface area (Å²) in [4.78, 5) is 17.3. The van der Waals surface area contributed by atoms with Gasteiger partial charge < -0.3 is 18.8 Å². The first-order chi connectivity index (χ1) is 16.2. The fourth-order valence-corrected chi connectivity index (χ4v) is 4.75.